The Kier molecular flexibility index (Phi) is 4.67. The lowest BCUT2D eigenvalue weighted by Gasteiger charge is -2.29. The topological polar surface area (TPSA) is 55.8 Å². The molecule has 1 aliphatic rings. The second-order valence-electron chi connectivity index (χ2n) is 5.26. The van der Waals surface area contributed by atoms with Crippen LogP contribution in [-0.4, -0.2) is 23.8 Å². The van der Waals surface area contributed by atoms with Gasteiger partial charge in [-0.2, -0.15) is 0 Å². The van der Waals surface area contributed by atoms with Crippen molar-refractivity contribution >= 4 is 40.8 Å². The number of hydrogen-bond donors (Lipinski definition) is 1. The molecule has 7 heteroatoms. The van der Waals surface area contributed by atoms with Crippen LogP contribution in [0.25, 0.3) is 0 Å². The lowest BCUT2D eigenvalue weighted by atomic mass is 9.83. The number of carbonyl (C=O) groups is 1. The maximum absolute atomic E-state index is 12.4. The van der Waals surface area contributed by atoms with Crippen molar-refractivity contribution in [3.05, 3.63) is 62.6 Å². The minimum absolute atomic E-state index is 0.132. The van der Waals surface area contributed by atoms with E-state index in [1.54, 1.807) is 37.3 Å². The zero-order valence-electron chi connectivity index (χ0n) is 12.6. The van der Waals surface area contributed by atoms with Gasteiger partial charge in [-0.05, 0) is 31.2 Å². The van der Waals surface area contributed by atoms with Gasteiger partial charge in [-0.25, -0.2) is 4.79 Å². The molecule has 2 atom stereocenters. The van der Waals surface area contributed by atoms with Gasteiger partial charge in [0.1, 0.15) is 5.75 Å². The van der Waals surface area contributed by atoms with Gasteiger partial charge < -0.3 is 14.6 Å². The van der Waals surface area contributed by atoms with Crippen molar-refractivity contribution < 1.29 is 19.4 Å². The molecule has 0 bridgehead atoms. The first-order chi connectivity index (χ1) is 11.4. The molecule has 0 unspecified atom stereocenters. The first kappa shape index (κ1) is 17.4. The quantitative estimate of drug-likeness (QED) is 0.802. The second kappa shape index (κ2) is 6.45. The van der Waals surface area contributed by atoms with E-state index in [4.69, 9.17) is 44.3 Å². The lowest BCUT2D eigenvalue weighted by Crippen LogP contribution is -2.45. The zero-order valence-corrected chi connectivity index (χ0v) is 14.8. The number of esters is 1. The molecule has 126 valence electrons. The summed E-state index contributed by atoms with van der Waals surface area (Å²) >= 11 is 18.4. The molecule has 1 heterocycles. The molecule has 0 aromatic heterocycles. The van der Waals surface area contributed by atoms with E-state index in [1.807, 2.05) is 0 Å². The second-order valence-corrected chi connectivity index (χ2v) is 6.48. The van der Waals surface area contributed by atoms with Crippen LogP contribution in [0.3, 0.4) is 0 Å². The van der Waals surface area contributed by atoms with Crippen LogP contribution in [0.2, 0.25) is 15.1 Å². The van der Waals surface area contributed by atoms with E-state index in [0.29, 0.717) is 16.3 Å². The summed E-state index contributed by atoms with van der Waals surface area (Å²) in [7, 11) is 0. The lowest BCUT2D eigenvalue weighted by molar-refractivity contribution is -0.159. The Bertz CT molecular complexity index is 808. The standard InChI is InChI=1S/C17H13Cl3O4/c1-2-23-16(21)15-17(22,10-4-3-5-12(19)14(10)20)11-8-9(18)6-7-13(11)24-15/h3-8,15,22H,2H2,1H3/t15-,17+/m0/s1. The summed E-state index contributed by atoms with van der Waals surface area (Å²) in [6.45, 7) is 1.82. The highest BCUT2D eigenvalue weighted by Crippen LogP contribution is 2.49. The van der Waals surface area contributed by atoms with Crippen LogP contribution >= 0.6 is 34.8 Å². The molecule has 2 aromatic carbocycles. The fourth-order valence-corrected chi connectivity index (χ4v) is 3.39. The molecular weight excluding hydrogens is 375 g/mol. The molecule has 1 N–H and O–H groups in total. The zero-order chi connectivity index (χ0) is 17.5. The fourth-order valence-electron chi connectivity index (χ4n) is 2.78. The Labute approximate surface area is 153 Å². The van der Waals surface area contributed by atoms with E-state index >= 15 is 0 Å². The summed E-state index contributed by atoms with van der Waals surface area (Å²) in [5.74, 6) is -0.376. The van der Waals surface area contributed by atoms with Crippen LogP contribution < -0.4 is 4.74 Å². The Morgan fingerprint density at radius 2 is 2.00 bits per heavy atom. The monoisotopic (exact) mass is 386 g/mol. The predicted molar refractivity (Wildman–Crippen MR) is 92.0 cm³/mol. The van der Waals surface area contributed by atoms with Gasteiger partial charge in [-0.15, -0.1) is 0 Å². The van der Waals surface area contributed by atoms with Crippen LogP contribution in [0.4, 0.5) is 0 Å². The Morgan fingerprint density at radius 1 is 1.25 bits per heavy atom. The molecule has 4 nitrogen and oxygen atoms in total. The first-order valence-electron chi connectivity index (χ1n) is 7.19. The molecule has 3 rings (SSSR count). The van der Waals surface area contributed by atoms with Gasteiger partial charge in [0, 0.05) is 16.1 Å². The maximum atomic E-state index is 12.4. The highest BCUT2D eigenvalue weighted by molar-refractivity contribution is 6.42. The Balaban J connectivity index is 2.24. The van der Waals surface area contributed by atoms with Crippen molar-refractivity contribution in [3.63, 3.8) is 0 Å². The number of carbonyl (C=O) groups excluding carboxylic acids is 1. The van der Waals surface area contributed by atoms with Crippen LogP contribution in [0, 0.1) is 0 Å². The number of halogens is 3. The summed E-state index contributed by atoms with van der Waals surface area (Å²) in [4.78, 5) is 12.4. The van der Waals surface area contributed by atoms with Crippen LogP contribution in [0.1, 0.15) is 18.1 Å². The number of benzene rings is 2. The van der Waals surface area contributed by atoms with Crippen molar-refractivity contribution in [2.45, 2.75) is 18.6 Å². The predicted octanol–water partition coefficient (Wildman–Crippen LogP) is 4.21. The molecule has 0 saturated carbocycles. The summed E-state index contributed by atoms with van der Waals surface area (Å²) in [5, 5.41) is 12.2. The number of hydrogen-bond acceptors (Lipinski definition) is 4. The van der Waals surface area contributed by atoms with E-state index in [2.05, 4.69) is 0 Å². The summed E-state index contributed by atoms with van der Waals surface area (Å²) < 4.78 is 10.7. The smallest absolute Gasteiger partial charge is 0.351 e. The molecule has 0 amide bonds. The van der Waals surface area contributed by atoms with Crippen LogP contribution in [-0.2, 0) is 15.1 Å². The average Bonchev–Trinajstić information content (AvgIpc) is 2.84. The molecular formula is C17H13Cl3O4. The van der Waals surface area contributed by atoms with E-state index in [-0.39, 0.29) is 22.2 Å². The normalized spacial score (nSPS) is 22.0. The number of aliphatic hydroxyl groups is 1. The number of rotatable bonds is 3. The molecule has 1 aliphatic heterocycles. The molecule has 0 aliphatic carbocycles. The number of ether oxygens (including phenoxy) is 2. The van der Waals surface area contributed by atoms with Gasteiger partial charge in [-0.1, -0.05) is 46.9 Å². The largest absolute Gasteiger partial charge is 0.474 e. The Hall–Kier alpha value is -1.46. The van der Waals surface area contributed by atoms with E-state index in [9.17, 15) is 9.90 Å². The SMILES string of the molecule is CCOC(=O)[C@@H]1Oc2ccc(Cl)cc2[C@]1(O)c1cccc(Cl)c1Cl. The van der Waals surface area contributed by atoms with E-state index in [0.717, 1.165) is 0 Å². The third kappa shape index (κ3) is 2.64. The van der Waals surface area contributed by atoms with Gasteiger partial charge in [0.05, 0.1) is 16.7 Å². The van der Waals surface area contributed by atoms with Crippen molar-refractivity contribution in [1.82, 2.24) is 0 Å². The maximum Gasteiger partial charge on any atom is 0.351 e. The molecule has 0 spiro atoms. The molecule has 0 fully saturated rings. The summed E-state index contributed by atoms with van der Waals surface area (Å²) in [6.07, 6.45) is -1.32. The summed E-state index contributed by atoms with van der Waals surface area (Å²) in [6, 6.07) is 9.53. The van der Waals surface area contributed by atoms with Crippen molar-refractivity contribution in [2.75, 3.05) is 6.61 Å². The van der Waals surface area contributed by atoms with Gasteiger partial charge in [0.25, 0.3) is 0 Å². The van der Waals surface area contributed by atoms with Gasteiger partial charge in [0.15, 0.2) is 5.60 Å². The van der Waals surface area contributed by atoms with Gasteiger partial charge >= 0.3 is 5.97 Å². The first-order valence-corrected chi connectivity index (χ1v) is 8.33. The molecule has 0 saturated heterocycles. The minimum atomic E-state index is -1.87. The van der Waals surface area contributed by atoms with E-state index in [1.165, 1.54) is 6.07 Å². The van der Waals surface area contributed by atoms with Crippen molar-refractivity contribution in [2.24, 2.45) is 0 Å². The average molecular weight is 388 g/mol. The van der Waals surface area contributed by atoms with Gasteiger partial charge in [-0.3, -0.25) is 0 Å². The summed E-state index contributed by atoms with van der Waals surface area (Å²) in [5.41, 5.74) is -1.29. The minimum Gasteiger partial charge on any atom is -0.474 e. The molecule has 24 heavy (non-hydrogen) atoms. The highest BCUT2D eigenvalue weighted by atomic mass is 35.5. The third-order valence-electron chi connectivity index (χ3n) is 3.84. The number of fused-ring (bicyclic) bond motifs is 1. The highest BCUT2D eigenvalue weighted by Gasteiger charge is 2.55. The van der Waals surface area contributed by atoms with E-state index < -0.39 is 17.7 Å². The van der Waals surface area contributed by atoms with Crippen LogP contribution in [0.5, 0.6) is 5.75 Å². The van der Waals surface area contributed by atoms with Gasteiger partial charge in [0.2, 0.25) is 6.10 Å². The fraction of sp³-hybridized carbons (Fsp3) is 0.235. The van der Waals surface area contributed by atoms with Crippen molar-refractivity contribution in [3.8, 4) is 5.75 Å². The van der Waals surface area contributed by atoms with Crippen LogP contribution in [0.15, 0.2) is 36.4 Å². The molecule has 2 aromatic rings. The van der Waals surface area contributed by atoms with Crippen molar-refractivity contribution in [1.29, 1.82) is 0 Å². The Morgan fingerprint density at radius 3 is 2.71 bits per heavy atom. The third-order valence-corrected chi connectivity index (χ3v) is 4.89. The molecule has 0 radical (unpaired) electrons.